The zero-order chi connectivity index (χ0) is 42.7. The van der Waals surface area contributed by atoms with E-state index in [1.807, 2.05) is 18.2 Å². The van der Waals surface area contributed by atoms with E-state index in [1.54, 1.807) is 11.3 Å². The average molecular weight is 1020 g/mol. The molecule has 5 aromatic carbocycles. The van der Waals surface area contributed by atoms with Crippen LogP contribution in [0.15, 0.2) is 121 Å². The van der Waals surface area contributed by atoms with E-state index in [2.05, 4.69) is 199 Å². The Hall–Kier alpha value is -4.45. The van der Waals surface area contributed by atoms with E-state index in [0.717, 1.165) is 46.5 Å². The molecule has 317 valence electrons. The quantitative estimate of drug-likeness (QED) is 0.0955. The van der Waals surface area contributed by atoms with E-state index in [1.165, 1.54) is 54.3 Å². The molecule has 6 heteroatoms. The number of para-hydroxylation sites is 2. The number of imidazole rings is 1. The third-order valence-corrected chi connectivity index (χ3v) is 14.1. The molecular weight excluding hydrogens is 955 g/mol. The molecule has 0 N–H and O–H groups in total. The monoisotopic (exact) mass is 1020 g/mol. The van der Waals surface area contributed by atoms with Crippen molar-refractivity contribution >= 4 is 45.7 Å². The van der Waals surface area contributed by atoms with Gasteiger partial charge in [0, 0.05) is 32.0 Å². The molecule has 3 aromatic heterocycles. The van der Waals surface area contributed by atoms with E-state index in [0.29, 0.717) is 23.7 Å². The Balaban J connectivity index is 0.000000250. The number of hydrogen-bond acceptors (Lipinski definition) is 3. The summed E-state index contributed by atoms with van der Waals surface area (Å²) in [5, 5.41) is 6.41. The smallest absolute Gasteiger partial charge is 0.0798 e. The minimum Gasteiger partial charge on any atom is -0.333 e. The Morgan fingerprint density at radius 2 is 1.34 bits per heavy atom. The normalized spacial score (nSPS) is 11.8. The van der Waals surface area contributed by atoms with Crippen molar-refractivity contribution in [1.82, 2.24) is 14.5 Å². The van der Waals surface area contributed by atoms with Crippen LogP contribution in [0.25, 0.3) is 60.6 Å². The number of hydrogen-bond donors (Lipinski definition) is 0. The van der Waals surface area contributed by atoms with Crippen molar-refractivity contribution in [2.24, 2.45) is 11.8 Å². The van der Waals surface area contributed by atoms with Crippen LogP contribution in [0.5, 0.6) is 0 Å². The van der Waals surface area contributed by atoms with Gasteiger partial charge in [-0.25, -0.2) is 0 Å². The van der Waals surface area contributed by atoms with Crippen LogP contribution >= 0.6 is 11.3 Å². The largest absolute Gasteiger partial charge is 0.333 e. The summed E-state index contributed by atoms with van der Waals surface area (Å²) in [5.41, 5.74) is 14.7. The summed E-state index contributed by atoms with van der Waals surface area (Å²) in [4.78, 5) is 9.98. The first kappa shape index (κ1) is 46.1. The molecule has 0 amide bonds. The van der Waals surface area contributed by atoms with E-state index in [-0.39, 0.29) is 20.1 Å². The van der Waals surface area contributed by atoms with Gasteiger partial charge in [-0.15, -0.1) is 47.3 Å². The number of pyridine rings is 1. The van der Waals surface area contributed by atoms with Gasteiger partial charge in [0.15, 0.2) is 0 Å². The molecule has 61 heavy (non-hydrogen) atoms. The first-order valence-corrected chi connectivity index (χ1v) is 26.1. The van der Waals surface area contributed by atoms with Gasteiger partial charge in [0.1, 0.15) is 0 Å². The van der Waals surface area contributed by atoms with Crippen molar-refractivity contribution in [2.75, 3.05) is 0 Å². The van der Waals surface area contributed by atoms with E-state index in [4.69, 9.17) is 4.98 Å². The SMILES string of the molecule is CC(C)Cc1cc(-c2[c-]cccc2)ncc1[Si](C)(C)C.CC(C)Cc1ccc2s[c-]c(-c3nc4ccccc4n3-c3c(C(C)C)cc(-c4ccccc4)cc3C(C)C)c2c1.[Ir]. The number of fused-ring (bicyclic) bond motifs is 2. The van der Waals surface area contributed by atoms with Crippen molar-refractivity contribution in [3.8, 4) is 39.5 Å². The van der Waals surface area contributed by atoms with Gasteiger partial charge in [0.2, 0.25) is 0 Å². The van der Waals surface area contributed by atoms with E-state index >= 15 is 0 Å². The van der Waals surface area contributed by atoms with Gasteiger partial charge in [-0.1, -0.05) is 162 Å². The van der Waals surface area contributed by atoms with Crippen LogP contribution in [-0.4, -0.2) is 22.6 Å². The Morgan fingerprint density at radius 3 is 1.97 bits per heavy atom. The van der Waals surface area contributed by atoms with Crippen LogP contribution in [0.3, 0.4) is 0 Å². The molecule has 8 aromatic rings. The molecular formula is C55H61IrN3SSi-2. The standard InChI is InChI=1S/C37H37N2S.C18H24NSi.Ir/c1-23(2)18-26-16-17-35-31(19-26)32(22-40-35)37-38-33-14-10-11-15-34(33)39(37)36-29(24(3)4)20-28(21-30(36)25(5)6)27-12-8-7-9-13-27;1-14(2)11-16-12-17(15-9-7-6-8-10-15)19-13-18(16)20(3,4)5;/h7-17,19-21,23-25H,18H2,1-6H3;6-9,12-14H,11H2,1-5H3;/q2*-1;. The molecule has 0 aliphatic heterocycles. The van der Waals surface area contributed by atoms with Crippen LogP contribution in [0.1, 0.15) is 89.5 Å². The van der Waals surface area contributed by atoms with Crippen LogP contribution < -0.4 is 5.19 Å². The van der Waals surface area contributed by atoms with Gasteiger partial charge in [-0.05, 0) is 93.9 Å². The fraction of sp³-hybridized carbons (Fsp3) is 0.309. The maximum absolute atomic E-state index is 5.29. The van der Waals surface area contributed by atoms with Crippen LogP contribution in [0.4, 0.5) is 0 Å². The number of rotatable bonds is 11. The molecule has 0 saturated carbocycles. The van der Waals surface area contributed by atoms with Crippen molar-refractivity contribution in [1.29, 1.82) is 0 Å². The van der Waals surface area contributed by atoms with Gasteiger partial charge in [-0.3, -0.25) is 16.3 Å². The summed E-state index contributed by atoms with van der Waals surface area (Å²) < 4.78 is 3.69. The molecule has 0 saturated heterocycles. The maximum Gasteiger partial charge on any atom is 0.0798 e. The maximum atomic E-state index is 5.29. The molecule has 0 aliphatic carbocycles. The van der Waals surface area contributed by atoms with Crippen LogP contribution in [0.2, 0.25) is 19.6 Å². The average Bonchev–Trinajstić information content (AvgIpc) is 3.81. The minimum absolute atomic E-state index is 0. The zero-order valence-electron chi connectivity index (χ0n) is 37.9. The summed E-state index contributed by atoms with van der Waals surface area (Å²) in [7, 11) is -1.34. The van der Waals surface area contributed by atoms with Crippen molar-refractivity contribution in [2.45, 2.75) is 99.7 Å². The molecule has 1 radical (unpaired) electrons. The third kappa shape index (κ3) is 10.4. The van der Waals surface area contributed by atoms with Crippen LogP contribution in [-0.2, 0) is 32.9 Å². The summed E-state index contributed by atoms with van der Waals surface area (Å²) >= 11 is 1.69. The topological polar surface area (TPSA) is 30.7 Å². The van der Waals surface area contributed by atoms with Gasteiger partial charge >= 0.3 is 0 Å². The first-order chi connectivity index (χ1) is 28.7. The predicted molar refractivity (Wildman–Crippen MR) is 263 cm³/mol. The molecule has 0 bridgehead atoms. The van der Waals surface area contributed by atoms with Crippen LogP contribution in [0, 0.1) is 23.3 Å². The fourth-order valence-electron chi connectivity index (χ4n) is 8.30. The minimum atomic E-state index is -1.34. The molecule has 0 unspecified atom stereocenters. The molecule has 0 atom stereocenters. The molecule has 8 rings (SSSR count). The second-order valence-corrected chi connectivity index (χ2v) is 24.7. The fourth-order valence-corrected chi connectivity index (χ4v) is 10.7. The van der Waals surface area contributed by atoms with Crippen molar-refractivity contribution < 1.29 is 20.1 Å². The second kappa shape index (κ2) is 19.7. The Labute approximate surface area is 384 Å². The molecule has 3 heterocycles. The molecule has 0 fully saturated rings. The summed E-state index contributed by atoms with van der Waals surface area (Å²) in [5.74, 6) is 2.93. The number of nitrogens with zero attached hydrogens (tertiary/aromatic N) is 3. The third-order valence-electron chi connectivity index (χ3n) is 11.2. The predicted octanol–water partition coefficient (Wildman–Crippen LogP) is 15.1. The number of thiophene rings is 1. The van der Waals surface area contributed by atoms with Gasteiger partial charge in [0.25, 0.3) is 0 Å². The Bertz CT molecular complexity index is 2670. The number of aromatic nitrogens is 3. The van der Waals surface area contributed by atoms with Gasteiger partial charge in [0.05, 0.1) is 24.9 Å². The van der Waals surface area contributed by atoms with E-state index < -0.39 is 8.07 Å². The van der Waals surface area contributed by atoms with E-state index in [9.17, 15) is 0 Å². The molecule has 3 nitrogen and oxygen atoms in total. The Morgan fingerprint density at radius 1 is 0.689 bits per heavy atom. The number of benzene rings is 5. The van der Waals surface area contributed by atoms with Crippen molar-refractivity contribution in [3.05, 3.63) is 155 Å². The molecule has 0 spiro atoms. The summed E-state index contributed by atoms with van der Waals surface area (Å²) in [6.45, 7) is 25.5. The summed E-state index contributed by atoms with van der Waals surface area (Å²) in [6.07, 6.45) is 4.31. The Kier molecular flexibility index (Phi) is 14.9. The second-order valence-electron chi connectivity index (χ2n) is 18.8. The van der Waals surface area contributed by atoms with Gasteiger partial charge < -0.3 is 9.55 Å². The molecule has 0 aliphatic rings. The first-order valence-electron chi connectivity index (χ1n) is 21.8. The zero-order valence-corrected chi connectivity index (χ0v) is 42.1. The van der Waals surface area contributed by atoms with Gasteiger partial charge in [-0.2, -0.15) is 0 Å². The van der Waals surface area contributed by atoms with Crippen molar-refractivity contribution in [3.63, 3.8) is 0 Å². The summed E-state index contributed by atoms with van der Waals surface area (Å²) in [6, 6.07) is 44.6.